The van der Waals surface area contributed by atoms with E-state index in [9.17, 15) is 14.7 Å². The molecular formula is C27H55N3O5+2. The van der Waals surface area contributed by atoms with E-state index < -0.39 is 11.9 Å². The Labute approximate surface area is 214 Å². The van der Waals surface area contributed by atoms with Crippen molar-refractivity contribution in [3.8, 4) is 0 Å². The zero-order valence-electron chi connectivity index (χ0n) is 23.1. The summed E-state index contributed by atoms with van der Waals surface area (Å²) in [5, 5.41) is 27.0. The summed E-state index contributed by atoms with van der Waals surface area (Å²) in [5.74, 6) is -0.726. The van der Waals surface area contributed by atoms with Crippen LogP contribution in [0.2, 0.25) is 0 Å². The number of unbranched alkanes of at least 4 members (excludes halogenated alkanes) is 13. The first-order valence-electron chi connectivity index (χ1n) is 13.8. The second kappa shape index (κ2) is 19.7. The van der Waals surface area contributed by atoms with E-state index in [1.807, 2.05) is 21.1 Å². The molecule has 1 atom stereocenters. The van der Waals surface area contributed by atoms with Crippen molar-refractivity contribution < 1.29 is 33.9 Å². The number of carbonyl (C=O) groups is 2. The number of carboxylic acids is 2. The van der Waals surface area contributed by atoms with Crippen molar-refractivity contribution in [2.75, 3.05) is 54.1 Å². The van der Waals surface area contributed by atoms with Crippen LogP contribution in [-0.2, 0) is 9.59 Å². The number of hydrogen-bond acceptors (Lipinski definition) is 4. The van der Waals surface area contributed by atoms with Crippen LogP contribution in [0.25, 0.3) is 0 Å². The lowest BCUT2D eigenvalue weighted by Gasteiger charge is -2.30. The minimum absolute atomic E-state index is 0.0477. The second-order valence-electron chi connectivity index (χ2n) is 11.0. The van der Waals surface area contributed by atoms with Crippen LogP contribution < -0.4 is 0 Å². The molecule has 1 aliphatic rings. The summed E-state index contributed by atoms with van der Waals surface area (Å²) in [6.07, 6.45) is 19.5. The van der Waals surface area contributed by atoms with Gasteiger partial charge in [0.1, 0.15) is 6.54 Å². The van der Waals surface area contributed by atoms with E-state index in [1.54, 1.807) is 0 Å². The molecule has 8 nitrogen and oxygen atoms in total. The third-order valence-corrected chi connectivity index (χ3v) is 6.44. The van der Waals surface area contributed by atoms with Gasteiger partial charge in [-0.15, -0.1) is 0 Å². The molecule has 0 fully saturated rings. The number of amidine groups is 1. The van der Waals surface area contributed by atoms with E-state index >= 15 is 0 Å². The highest BCUT2D eigenvalue weighted by Gasteiger charge is 2.39. The Hall–Kier alpha value is -1.51. The summed E-state index contributed by atoms with van der Waals surface area (Å²) in [5.41, 5.74) is 0. The number of aliphatic hydroxyl groups is 1. The molecule has 0 aromatic carbocycles. The third kappa shape index (κ3) is 18.4. The molecule has 0 aliphatic carbocycles. The van der Waals surface area contributed by atoms with Crippen molar-refractivity contribution in [2.45, 2.75) is 103 Å². The average Bonchev–Trinajstić information content (AvgIpc) is 3.14. The van der Waals surface area contributed by atoms with Crippen LogP contribution in [0, 0.1) is 0 Å². The summed E-state index contributed by atoms with van der Waals surface area (Å²) in [4.78, 5) is 25.6. The predicted molar refractivity (Wildman–Crippen MR) is 142 cm³/mol. The lowest BCUT2D eigenvalue weighted by molar-refractivity contribution is -0.862. The lowest BCUT2D eigenvalue weighted by atomic mass is 10.0. The Morgan fingerprint density at radius 3 is 1.60 bits per heavy atom. The van der Waals surface area contributed by atoms with Crippen molar-refractivity contribution in [1.82, 2.24) is 0 Å². The zero-order chi connectivity index (χ0) is 26.6. The Morgan fingerprint density at radius 1 is 0.800 bits per heavy atom. The van der Waals surface area contributed by atoms with Crippen LogP contribution in [0.5, 0.6) is 0 Å². The minimum Gasteiger partial charge on any atom is -0.477 e. The topological polar surface area (TPSA) is 107 Å². The molecule has 0 aromatic heterocycles. The summed E-state index contributed by atoms with van der Waals surface area (Å²) >= 11 is 0. The largest absolute Gasteiger partial charge is 0.477 e. The number of carboxylic acid groups (broad SMARTS) is 2. The van der Waals surface area contributed by atoms with Crippen molar-refractivity contribution >= 4 is 17.8 Å². The molecule has 0 bridgehead atoms. The van der Waals surface area contributed by atoms with Gasteiger partial charge in [0.25, 0.3) is 0 Å². The molecule has 1 heterocycles. The van der Waals surface area contributed by atoms with Gasteiger partial charge in [0.15, 0.2) is 19.8 Å². The van der Waals surface area contributed by atoms with Gasteiger partial charge in [-0.2, -0.15) is 0 Å². The molecule has 8 heteroatoms. The number of hydrogen-bond donors (Lipinski definition) is 3. The number of rotatable bonds is 20. The van der Waals surface area contributed by atoms with Gasteiger partial charge in [-0.1, -0.05) is 90.4 Å². The van der Waals surface area contributed by atoms with Gasteiger partial charge in [-0.3, -0.25) is 0 Å². The van der Waals surface area contributed by atoms with Crippen LogP contribution in [0.4, 0.5) is 0 Å². The maximum Gasteiger partial charge on any atom is 0.359 e. The van der Waals surface area contributed by atoms with Gasteiger partial charge in [0, 0.05) is 6.42 Å². The molecule has 3 N–H and O–H groups in total. The Bertz CT molecular complexity index is 604. The monoisotopic (exact) mass is 501 g/mol. The van der Waals surface area contributed by atoms with E-state index in [0.717, 1.165) is 18.7 Å². The number of aliphatic imine (C=N–C) groups is 1. The van der Waals surface area contributed by atoms with Crippen molar-refractivity contribution in [3.05, 3.63) is 0 Å². The van der Waals surface area contributed by atoms with E-state index in [1.165, 1.54) is 83.5 Å². The lowest BCUT2D eigenvalue weighted by Crippen LogP contribution is -2.54. The van der Waals surface area contributed by atoms with E-state index in [4.69, 9.17) is 10.2 Å². The average molecular weight is 502 g/mol. The first-order chi connectivity index (χ1) is 16.6. The Morgan fingerprint density at radius 2 is 1.26 bits per heavy atom. The summed E-state index contributed by atoms with van der Waals surface area (Å²) in [6.45, 7) is 3.51. The Kier molecular flexibility index (Phi) is 18.8. The molecule has 1 rings (SSSR count). The van der Waals surface area contributed by atoms with Crippen molar-refractivity contribution in [3.63, 3.8) is 0 Å². The second-order valence-corrected chi connectivity index (χ2v) is 11.0. The van der Waals surface area contributed by atoms with E-state index in [0.29, 0.717) is 17.6 Å². The summed E-state index contributed by atoms with van der Waals surface area (Å²) < 4.78 is 0.628. The normalized spacial score (nSPS) is 17.6. The molecule has 35 heavy (non-hydrogen) atoms. The first-order valence-corrected chi connectivity index (χ1v) is 13.8. The van der Waals surface area contributed by atoms with Gasteiger partial charge in [0.05, 0.1) is 27.7 Å². The van der Waals surface area contributed by atoms with Gasteiger partial charge in [0.2, 0.25) is 5.84 Å². The number of aliphatic carboxylic acids is 2. The fraction of sp³-hybridized carbons (Fsp3) is 0.889. The maximum atomic E-state index is 11.1. The highest BCUT2D eigenvalue weighted by atomic mass is 16.4. The molecule has 0 saturated heterocycles. The highest BCUT2D eigenvalue weighted by Crippen LogP contribution is 2.20. The quantitative estimate of drug-likeness (QED) is 0.162. The SMILES string of the molecule is CCCCCCCCCCCCCCCCC1=NCC[N+]1(CO)CC(=O)O.C[N+](C)(C)CC(=O)O. The number of quaternary nitrogens is 2. The molecule has 1 aliphatic heterocycles. The molecule has 206 valence electrons. The van der Waals surface area contributed by atoms with Crippen LogP contribution in [0.1, 0.15) is 103 Å². The number of nitrogens with zero attached hydrogens (tertiary/aromatic N) is 3. The van der Waals surface area contributed by atoms with Crippen LogP contribution >= 0.6 is 0 Å². The van der Waals surface area contributed by atoms with E-state index in [-0.39, 0.29) is 24.3 Å². The molecule has 0 saturated carbocycles. The zero-order valence-corrected chi connectivity index (χ0v) is 23.1. The molecule has 1 unspecified atom stereocenters. The first kappa shape index (κ1) is 33.5. The summed E-state index contributed by atoms with van der Waals surface area (Å²) in [7, 11) is 5.52. The smallest absolute Gasteiger partial charge is 0.359 e. The standard InChI is InChI=1S/C22H42N2O3.C5H11NO2/c1-2-3-4-5-6-7-8-9-10-11-12-13-14-15-16-21-23-17-18-24(21,20-25)19-22(26)27;1-6(2,3)4-5(7)8/h25H,2-20H2,1H3;4H2,1-3H3/p+2. The fourth-order valence-corrected chi connectivity index (χ4v) is 4.48. The van der Waals surface area contributed by atoms with Crippen LogP contribution in [0.15, 0.2) is 4.99 Å². The van der Waals surface area contributed by atoms with Crippen molar-refractivity contribution in [2.24, 2.45) is 4.99 Å². The van der Waals surface area contributed by atoms with Crippen LogP contribution in [-0.4, -0.2) is 96.1 Å². The van der Waals surface area contributed by atoms with Crippen LogP contribution in [0.3, 0.4) is 0 Å². The number of likely N-dealkylation sites (N-methyl/N-ethyl adjacent to an activating group) is 1. The number of aliphatic hydroxyl groups excluding tert-OH is 1. The minimum atomic E-state index is -0.861. The fourth-order valence-electron chi connectivity index (χ4n) is 4.48. The molecule has 0 spiro atoms. The maximum absolute atomic E-state index is 11.1. The Balaban J connectivity index is 0.00000124. The van der Waals surface area contributed by atoms with Gasteiger partial charge >= 0.3 is 11.9 Å². The predicted octanol–water partition coefficient (Wildman–Crippen LogP) is 4.90. The van der Waals surface area contributed by atoms with E-state index in [2.05, 4.69) is 11.9 Å². The van der Waals surface area contributed by atoms with Gasteiger partial charge in [-0.25, -0.2) is 19.1 Å². The summed E-state index contributed by atoms with van der Waals surface area (Å²) in [6, 6.07) is 0. The third-order valence-electron chi connectivity index (χ3n) is 6.44. The highest BCUT2D eigenvalue weighted by molar-refractivity contribution is 5.79. The molecule has 0 aromatic rings. The van der Waals surface area contributed by atoms with Gasteiger partial charge < -0.3 is 19.8 Å². The molecule has 0 radical (unpaired) electrons. The molecular weight excluding hydrogens is 446 g/mol. The van der Waals surface area contributed by atoms with Gasteiger partial charge in [-0.05, 0) is 6.42 Å². The molecule has 0 amide bonds. The van der Waals surface area contributed by atoms with Crippen molar-refractivity contribution in [1.29, 1.82) is 0 Å².